The van der Waals surface area contributed by atoms with E-state index < -0.39 is 19.9 Å². The summed E-state index contributed by atoms with van der Waals surface area (Å²) in [5.74, 6) is 0.117. The molecule has 8 heteroatoms. The van der Waals surface area contributed by atoms with Gasteiger partial charge in [-0.05, 0) is 50.3 Å². The molecule has 24 heavy (non-hydrogen) atoms. The summed E-state index contributed by atoms with van der Waals surface area (Å²) in [6.07, 6.45) is 8.25. The van der Waals surface area contributed by atoms with Crippen molar-refractivity contribution in [2.45, 2.75) is 41.9 Å². The van der Waals surface area contributed by atoms with E-state index in [0.29, 0.717) is 6.42 Å². The number of nitrogens with one attached hydrogen (secondary N) is 1. The quantitative estimate of drug-likeness (QED) is 0.741. The SMILES string of the molecule is COc1ccc(S(C)(=O)=O)cc1S(=O)(=O)NCCC1=CCCCC1. The van der Waals surface area contributed by atoms with E-state index in [-0.39, 0.29) is 22.1 Å². The Kier molecular flexibility index (Phi) is 6.06. The van der Waals surface area contributed by atoms with E-state index in [1.165, 1.54) is 31.2 Å². The summed E-state index contributed by atoms with van der Waals surface area (Å²) in [5, 5.41) is 0. The van der Waals surface area contributed by atoms with E-state index in [1.54, 1.807) is 0 Å². The lowest BCUT2D eigenvalue weighted by atomic mass is 9.97. The zero-order valence-electron chi connectivity index (χ0n) is 13.9. The van der Waals surface area contributed by atoms with E-state index in [2.05, 4.69) is 10.8 Å². The van der Waals surface area contributed by atoms with Gasteiger partial charge in [0.1, 0.15) is 10.6 Å². The highest BCUT2D eigenvalue weighted by Crippen LogP contribution is 2.27. The van der Waals surface area contributed by atoms with Crippen molar-refractivity contribution in [3.63, 3.8) is 0 Å². The lowest BCUT2D eigenvalue weighted by molar-refractivity contribution is 0.401. The predicted molar refractivity (Wildman–Crippen MR) is 92.5 cm³/mol. The number of rotatable bonds is 7. The Labute approximate surface area is 143 Å². The van der Waals surface area contributed by atoms with Gasteiger partial charge in [0.15, 0.2) is 9.84 Å². The minimum atomic E-state index is -3.85. The van der Waals surface area contributed by atoms with Crippen molar-refractivity contribution >= 4 is 19.9 Å². The van der Waals surface area contributed by atoms with Crippen LogP contribution in [0.5, 0.6) is 5.75 Å². The Morgan fingerprint density at radius 1 is 1.17 bits per heavy atom. The van der Waals surface area contributed by atoms with Crippen molar-refractivity contribution in [3.8, 4) is 5.75 Å². The van der Waals surface area contributed by atoms with Crippen molar-refractivity contribution in [1.82, 2.24) is 4.72 Å². The second-order valence-corrected chi connectivity index (χ2v) is 9.59. The molecule has 1 aromatic carbocycles. The number of hydrogen-bond acceptors (Lipinski definition) is 5. The molecule has 2 rings (SSSR count). The van der Waals surface area contributed by atoms with Gasteiger partial charge in [0.25, 0.3) is 0 Å². The van der Waals surface area contributed by atoms with Gasteiger partial charge in [0.05, 0.1) is 12.0 Å². The first-order valence-corrected chi connectivity index (χ1v) is 11.2. The highest BCUT2D eigenvalue weighted by atomic mass is 32.2. The number of allylic oxidation sites excluding steroid dienone is 1. The lowest BCUT2D eigenvalue weighted by Crippen LogP contribution is -2.26. The molecule has 0 atom stereocenters. The average Bonchev–Trinajstić information content (AvgIpc) is 2.54. The monoisotopic (exact) mass is 373 g/mol. The molecule has 0 amide bonds. The molecule has 0 saturated carbocycles. The van der Waals surface area contributed by atoms with Crippen LogP contribution in [0.3, 0.4) is 0 Å². The van der Waals surface area contributed by atoms with E-state index >= 15 is 0 Å². The zero-order valence-corrected chi connectivity index (χ0v) is 15.5. The van der Waals surface area contributed by atoms with Crippen LogP contribution < -0.4 is 9.46 Å². The maximum absolute atomic E-state index is 12.5. The summed E-state index contributed by atoms with van der Waals surface area (Å²) >= 11 is 0. The molecular formula is C16H23NO5S2. The third kappa shape index (κ3) is 4.81. The van der Waals surface area contributed by atoms with Crippen LogP contribution in [0, 0.1) is 0 Å². The van der Waals surface area contributed by atoms with Gasteiger partial charge in [-0.3, -0.25) is 0 Å². The standard InChI is InChI=1S/C16H23NO5S2/c1-22-15-9-8-14(23(2,18)19)12-16(15)24(20,21)17-11-10-13-6-4-3-5-7-13/h6,8-9,12,17H,3-5,7,10-11H2,1-2H3. The minimum Gasteiger partial charge on any atom is -0.495 e. The third-order valence-electron chi connectivity index (χ3n) is 3.98. The fraction of sp³-hybridized carbons (Fsp3) is 0.500. The first-order chi connectivity index (χ1) is 11.2. The lowest BCUT2D eigenvalue weighted by Gasteiger charge is -2.14. The molecule has 0 saturated heterocycles. The van der Waals surface area contributed by atoms with Gasteiger partial charge in [-0.2, -0.15) is 0 Å². The van der Waals surface area contributed by atoms with Crippen LogP contribution >= 0.6 is 0 Å². The van der Waals surface area contributed by atoms with Crippen LogP contribution in [0.2, 0.25) is 0 Å². The van der Waals surface area contributed by atoms with Gasteiger partial charge < -0.3 is 4.74 Å². The Hall–Kier alpha value is -1.38. The number of sulfone groups is 1. The number of sulfonamides is 1. The average molecular weight is 373 g/mol. The molecule has 0 heterocycles. The number of benzene rings is 1. The van der Waals surface area contributed by atoms with Crippen molar-refractivity contribution in [2.75, 3.05) is 19.9 Å². The fourth-order valence-corrected chi connectivity index (χ4v) is 4.60. The summed E-state index contributed by atoms with van der Waals surface area (Å²) < 4.78 is 56.0. The van der Waals surface area contributed by atoms with Crippen LogP contribution in [-0.2, 0) is 19.9 Å². The Morgan fingerprint density at radius 3 is 2.50 bits per heavy atom. The molecule has 0 aromatic heterocycles. The largest absolute Gasteiger partial charge is 0.495 e. The molecule has 1 N–H and O–H groups in total. The predicted octanol–water partition coefficient (Wildman–Crippen LogP) is 2.27. The third-order valence-corrected chi connectivity index (χ3v) is 6.57. The van der Waals surface area contributed by atoms with E-state index in [9.17, 15) is 16.8 Å². The maximum Gasteiger partial charge on any atom is 0.244 e. The van der Waals surface area contributed by atoms with Crippen LogP contribution in [0.4, 0.5) is 0 Å². The van der Waals surface area contributed by atoms with Crippen molar-refractivity contribution in [3.05, 3.63) is 29.8 Å². The van der Waals surface area contributed by atoms with Gasteiger partial charge in [0, 0.05) is 12.8 Å². The summed E-state index contributed by atoms with van der Waals surface area (Å²) in [4.78, 5) is -0.218. The van der Waals surface area contributed by atoms with Gasteiger partial charge in [0.2, 0.25) is 10.0 Å². The van der Waals surface area contributed by atoms with Gasteiger partial charge in [-0.1, -0.05) is 11.6 Å². The number of ether oxygens (including phenoxy) is 1. The van der Waals surface area contributed by atoms with E-state index in [0.717, 1.165) is 31.6 Å². The van der Waals surface area contributed by atoms with Gasteiger partial charge in [-0.15, -0.1) is 0 Å². The normalized spacial score (nSPS) is 15.8. The Bertz CT molecular complexity index is 826. The van der Waals surface area contributed by atoms with Crippen molar-refractivity contribution in [1.29, 1.82) is 0 Å². The molecule has 1 aliphatic rings. The molecular weight excluding hydrogens is 350 g/mol. The maximum atomic E-state index is 12.5. The van der Waals surface area contributed by atoms with Crippen molar-refractivity contribution in [2.24, 2.45) is 0 Å². The highest BCUT2D eigenvalue weighted by molar-refractivity contribution is 7.91. The molecule has 1 aromatic rings. The molecule has 134 valence electrons. The summed E-state index contributed by atoms with van der Waals surface area (Å²) in [6.45, 7) is 0.278. The number of hydrogen-bond donors (Lipinski definition) is 1. The molecule has 0 unspecified atom stereocenters. The molecule has 0 radical (unpaired) electrons. The second-order valence-electron chi connectivity index (χ2n) is 5.84. The minimum absolute atomic E-state index is 0.0568. The van der Waals surface area contributed by atoms with E-state index in [4.69, 9.17) is 4.74 Å². The Morgan fingerprint density at radius 2 is 1.92 bits per heavy atom. The zero-order chi connectivity index (χ0) is 17.8. The summed E-state index contributed by atoms with van der Waals surface area (Å²) in [7, 11) is -6.01. The van der Waals surface area contributed by atoms with E-state index in [1.807, 2.05) is 0 Å². The van der Waals surface area contributed by atoms with Crippen LogP contribution in [0.1, 0.15) is 32.1 Å². The summed E-state index contributed by atoms with van der Waals surface area (Å²) in [5.41, 5.74) is 1.26. The topological polar surface area (TPSA) is 89.5 Å². The molecule has 1 aliphatic carbocycles. The van der Waals surface area contributed by atoms with Crippen molar-refractivity contribution < 1.29 is 21.6 Å². The van der Waals surface area contributed by atoms with Crippen LogP contribution in [0.25, 0.3) is 0 Å². The fourth-order valence-electron chi connectivity index (χ4n) is 2.65. The molecule has 6 nitrogen and oxygen atoms in total. The molecule has 0 spiro atoms. The van der Waals surface area contributed by atoms with Crippen LogP contribution in [-0.4, -0.2) is 36.7 Å². The molecule has 0 aliphatic heterocycles. The van der Waals surface area contributed by atoms with Crippen LogP contribution in [0.15, 0.2) is 39.6 Å². The first kappa shape index (κ1) is 19.0. The Balaban J connectivity index is 2.19. The molecule has 0 bridgehead atoms. The highest BCUT2D eigenvalue weighted by Gasteiger charge is 2.22. The summed E-state index contributed by atoms with van der Waals surface area (Å²) in [6, 6.07) is 3.82. The first-order valence-electron chi connectivity index (χ1n) is 7.80. The van der Waals surface area contributed by atoms with Gasteiger partial charge in [-0.25, -0.2) is 21.6 Å². The van der Waals surface area contributed by atoms with Gasteiger partial charge >= 0.3 is 0 Å². The second kappa shape index (κ2) is 7.67. The smallest absolute Gasteiger partial charge is 0.244 e. The molecule has 0 fully saturated rings. The number of methoxy groups -OCH3 is 1.